The van der Waals surface area contributed by atoms with Gasteiger partial charge >= 0.3 is 0 Å². The van der Waals surface area contributed by atoms with Crippen molar-refractivity contribution in [2.45, 2.75) is 51.6 Å². The third-order valence-electron chi connectivity index (χ3n) is 6.49. The van der Waals surface area contributed by atoms with Crippen LogP contribution in [0.3, 0.4) is 0 Å². The Hall–Kier alpha value is -3.63. The number of carbonyl (C=O) groups is 2. The Kier molecular flexibility index (Phi) is 11.8. The van der Waals surface area contributed by atoms with Gasteiger partial charge in [-0.1, -0.05) is 50.6 Å². The van der Waals surface area contributed by atoms with E-state index in [9.17, 15) is 22.4 Å². The van der Waals surface area contributed by atoms with E-state index in [4.69, 9.17) is 16.3 Å². The van der Waals surface area contributed by atoms with E-state index in [-0.39, 0.29) is 35.4 Å². The molecule has 3 rings (SSSR count). The van der Waals surface area contributed by atoms with Crippen LogP contribution in [0.25, 0.3) is 0 Å². The van der Waals surface area contributed by atoms with Crippen LogP contribution in [0.5, 0.6) is 5.75 Å². The fourth-order valence-corrected chi connectivity index (χ4v) is 5.90. The van der Waals surface area contributed by atoms with Crippen molar-refractivity contribution in [2.75, 3.05) is 24.0 Å². The molecule has 0 spiro atoms. The molecule has 0 bridgehead atoms. The molecule has 8 nitrogen and oxygen atoms in total. The predicted octanol–water partition coefficient (Wildman–Crippen LogP) is 5.65. The molecule has 0 saturated carbocycles. The summed E-state index contributed by atoms with van der Waals surface area (Å²) in [6, 6.07) is 16.7. The summed E-state index contributed by atoms with van der Waals surface area (Å²) in [7, 11) is -4.33. The van der Waals surface area contributed by atoms with Crippen LogP contribution in [-0.2, 0) is 26.2 Å². The van der Waals surface area contributed by atoms with Crippen LogP contribution in [0, 0.1) is 11.7 Å². The number of nitrogens with zero attached hydrogens (tertiary/aromatic N) is 2. The van der Waals surface area contributed by atoms with Gasteiger partial charge in [-0.2, -0.15) is 0 Å². The van der Waals surface area contributed by atoms with Gasteiger partial charge in [0.1, 0.15) is 24.2 Å². The lowest BCUT2D eigenvalue weighted by Gasteiger charge is -2.33. The molecule has 0 aliphatic carbocycles. The van der Waals surface area contributed by atoms with Gasteiger partial charge in [-0.3, -0.25) is 13.9 Å². The first-order valence-electron chi connectivity index (χ1n) is 13.8. The Balaban J connectivity index is 2.06. The van der Waals surface area contributed by atoms with E-state index < -0.39 is 34.3 Å². The second-order valence-corrected chi connectivity index (χ2v) is 12.3. The lowest BCUT2D eigenvalue weighted by Crippen LogP contribution is -2.52. The number of benzene rings is 3. The third-order valence-corrected chi connectivity index (χ3v) is 8.64. The Labute approximate surface area is 252 Å². The number of anilines is 1. The number of hydrogen-bond acceptors (Lipinski definition) is 5. The standard InChI is InChI=1S/C31H37ClFN3O5S/c1-5-29(31(38)34-19-22(3)4)35(20-23-9-7-8-10-28(23)32)30(37)21-36(25-13-15-26(16-14-25)41-6-2)42(39,40)27-17-11-24(33)12-18-27/h7-18,22,29H,5-6,19-21H2,1-4H3,(H,34,38)/t29-/m0/s1. The molecule has 0 unspecified atom stereocenters. The molecule has 0 aromatic heterocycles. The smallest absolute Gasteiger partial charge is 0.264 e. The van der Waals surface area contributed by atoms with Crippen LogP contribution in [0.1, 0.15) is 39.7 Å². The van der Waals surface area contributed by atoms with E-state index in [1.807, 2.05) is 20.8 Å². The van der Waals surface area contributed by atoms with Gasteiger partial charge in [0.15, 0.2) is 0 Å². The van der Waals surface area contributed by atoms with Crippen molar-refractivity contribution >= 4 is 39.1 Å². The van der Waals surface area contributed by atoms with E-state index in [2.05, 4.69) is 5.32 Å². The Bertz CT molecular complexity index is 1450. The Morgan fingerprint density at radius 3 is 2.19 bits per heavy atom. The molecule has 2 amide bonds. The Morgan fingerprint density at radius 2 is 1.62 bits per heavy atom. The van der Waals surface area contributed by atoms with Gasteiger partial charge in [0.2, 0.25) is 11.8 Å². The fourth-order valence-electron chi connectivity index (χ4n) is 4.29. The van der Waals surface area contributed by atoms with Crippen LogP contribution < -0.4 is 14.4 Å². The van der Waals surface area contributed by atoms with Gasteiger partial charge in [0, 0.05) is 18.1 Å². The first-order chi connectivity index (χ1) is 20.0. The summed E-state index contributed by atoms with van der Waals surface area (Å²) in [6.45, 7) is 7.74. The second kappa shape index (κ2) is 15.0. The molecular formula is C31H37ClFN3O5S. The van der Waals surface area contributed by atoms with Gasteiger partial charge in [-0.25, -0.2) is 12.8 Å². The van der Waals surface area contributed by atoms with E-state index in [1.54, 1.807) is 43.3 Å². The Morgan fingerprint density at radius 1 is 0.976 bits per heavy atom. The van der Waals surface area contributed by atoms with Crippen LogP contribution >= 0.6 is 11.6 Å². The highest BCUT2D eigenvalue weighted by Gasteiger charge is 2.34. The zero-order valence-corrected chi connectivity index (χ0v) is 25.8. The second-order valence-electron chi connectivity index (χ2n) is 10.1. The summed E-state index contributed by atoms with van der Waals surface area (Å²) in [5, 5.41) is 3.30. The summed E-state index contributed by atoms with van der Waals surface area (Å²) < 4.78 is 47.9. The molecule has 1 N–H and O–H groups in total. The first kappa shape index (κ1) is 32.9. The summed E-state index contributed by atoms with van der Waals surface area (Å²) in [5.41, 5.74) is 0.808. The minimum absolute atomic E-state index is 0.0141. The molecular weight excluding hydrogens is 581 g/mol. The first-order valence-corrected chi connectivity index (χ1v) is 15.6. The van der Waals surface area contributed by atoms with Crippen molar-refractivity contribution in [3.63, 3.8) is 0 Å². The highest BCUT2D eigenvalue weighted by molar-refractivity contribution is 7.92. The maximum Gasteiger partial charge on any atom is 0.264 e. The molecule has 0 radical (unpaired) electrons. The molecule has 0 saturated heterocycles. The number of carbonyl (C=O) groups excluding carboxylic acids is 2. The SMILES string of the molecule is CCOc1ccc(N(CC(=O)N(Cc2ccccc2Cl)[C@@H](CC)C(=O)NCC(C)C)S(=O)(=O)c2ccc(F)cc2)cc1. The lowest BCUT2D eigenvalue weighted by atomic mass is 10.1. The number of rotatable bonds is 14. The summed E-state index contributed by atoms with van der Waals surface area (Å²) in [4.78, 5) is 28.6. The number of halogens is 2. The normalized spacial score (nSPS) is 12.1. The van der Waals surface area contributed by atoms with Crippen molar-refractivity contribution in [2.24, 2.45) is 5.92 Å². The maximum absolute atomic E-state index is 14.1. The minimum atomic E-state index is -4.33. The van der Waals surface area contributed by atoms with Crippen LogP contribution in [0.4, 0.5) is 10.1 Å². The van der Waals surface area contributed by atoms with E-state index >= 15 is 0 Å². The molecule has 226 valence electrons. The minimum Gasteiger partial charge on any atom is -0.494 e. The third kappa shape index (κ3) is 8.45. The molecule has 3 aromatic carbocycles. The fraction of sp³-hybridized carbons (Fsp3) is 0.355. The summed E-state index contributed by atoms with van der Waals surface area (Å²) >= 11 is 6.42. The topological polar surface area (TPSA) is 96.0 Å². The molecule has 1 atom stereocenters. The molecule has 3 aromatic rings. The van der Waals surface area contributed by atoms with Crippen molar-refractivity contribution < 1.29 is 27.1 Å². The maximum atomic E-state index is 14.1. The monoisotopic (exact) mass is 617 g/mol. The number of sulfonamides is 1. The average molecular weight is 618 g/mol. The highest BCUT2D eigenvalue weighted by Crippen LogP contribution is 2.27. The molecule has 11 heteroatoms. The van der Waals surface area contributed by atoms with E-state index in [1.165, 1.54) is 17.0 Å². The molecule has 0 aliphatic heterocycles. The number of amides is 2. The van der Waals surface area contributed by atoms with Gasteiger partial charge in [-0.05, 0) is 79.4 Å². The predicted molar refractivity (Wildman–Crippen MR) is 162 cm³/mol. The van der Waals surface area contributed by atoms with E-state index in [0.29, 0.717) is 29.5 Å². The van der Waals surface area contributed by atoms with Crippen LogP contribution in [0.2, 0.25) is 5.02 Å². The van der Waals surface area contributed by atoms with Crippen molar-refractivity contribution in [1.29, 1.82) is 0 Å². The molecule has 0 aliphatic rings. The average Bonchev–Trinajstić information content (AvgIpc) is 2.96. The highest BCUT2D eigenvalue weighted by atomic mass is 35.5. The van der Waals surface area contributed by atoms with Crippen LogP contribution in [0.15, 0.2) is 77.7 Å². The summed E-state index contributed by atoms with van der Waals surface area (Å²) in [6.07, 6.45) is 0.286. The summed E-state index contributed by atoms with van der Waals surface area (Å²) in [5.74, 6) is -0.835. The number of ether oxygens (including phenoxy) is 1. The molecule has 42 heavy (non-hydrogen) atoms. The zero-order chi connectivity index (χ0) is 30.9. The van der Waals surface area contributed by atoms with Gasteiger partial charge < -0.3 is 15.0 Å². The zero-order valence-electron chi connectivity index (χ0n) is 24.2. The largest absolute Gasteiger partial charge is 0.494 e. The number of nitrogens with one attached hydrogen (secondary N) is 1. The van der Waals surface area contributed by atoms with Crippen LogP contribution in [-0.4, -0.2) is 50.9 Å². The van der Waals surface area contributed by atoms with Gasteiger partial charge in [0.05, 0.1) is 17.2 Å². The van der Waals surface area contributed by atoms with Crippen molar-refractivity contribution in [3.8, 4) is 5.75 Å². The van der Waals surface area contributed by atoms with Gasteiger partial charge in [0.25, 0.3) is 10.0 Å². The van der Waals surface area contributed by atoms with Crippen molar-refractivity contribution in [1.82, 2.24) is 10.2 Å². The van der Waals surface area contributed by atoms with Gasteiger partial charge in [-0.15, -0.1) is 0 Å². The quantitative estimate of drug-likeness (QED) is 0.252. The van der Waals surface area contributed by atoms with E-state index in [0.717, 1.165) is 28.6 Å². The number of hydrogen-bond donors (Lipinski definition) is 1. The molecule has 0 fully saturated rings. The molecule has 0 heterocycles. The lowest BCUT2D eigenvalue weighted by molar-refractivity contribution is -0.140. The van der Waals surface area contributed by atoms with Crippen molar-refractivity contribution in [3.05, 3.63) is 89.2 Å².